The molecule has 3 aromatic rings. The highest BCUT2D eigenvalue weighted by Gasteiger charge is 2.12. The summed E-state index contributed by atoms with van der Waals surface area (Å²) < 4.78 is 3.82. The number of anilines is 1. The smallest absolute Gasteiger partial charge is 0.0918 e. The Hall–Kier alpha value is -2.30. The molecule has 0 aliphatic carbocycles. The molecule has 19 heavy (non-hydrogen) atoms. The Labute approximate surface area is 111 Å². The first-order valence-corrected chi connectivity index (χ1v) is 6.28. The summed E-state index contributed by atoms with van der Waals surface area (Å²) in [6.45, 7) is 4.56. The Balaban J connectivity index is 2.08. The molecule has 5 nitrogen and oxygen atoms in total. The fraction of sp³-hybridized carbons (Fsp3) is 0.286. The Kier molecular flexibility index (Phi) is 2.55. The standard InChI is InChI=1S/C14H17N5/c1-9-14(15)10(2)19(16-9)8-12-11-6-4-5-7-13(11)18(3)17-12/h4-7H,8,15H2,1-3H3. The molecule has 0 radical (unpaired) electrons. The molecule has 0 bridgehead atoms. The van der Waals surface area contributed by atoms with Crippen LogP contribution in [0, 0.1) is 13.8 Å². The van der Waals surface area contributed by atoms with E-state index in [0.29, 0.717) is 6.54 Å². The first kappa shape index (κ1) is 11.8. The normalized spacial score (nSPS) is 11.3. The SMILES string of the molecule is Cc1nn(Cc2nn(C)c3ccccc23)c(C)c1N. The summed E-state index contributed by atoms with van der Waals surface area (Å²) in [6.07, 6.45) is 0. The number of nitrogen functional groups attached to an aromatic ring is 1. The Morgan fingerprint density at radius 1 is 1.16 bits per heavy atom. The molecule has 2 N–H and O–H groups in total. The maximum Gasteiger partial charge on any atom is 0.0918 e. The van der Waals surface area contributed by atoms with Gasteiger partial charge in [0.05, 0.1) is 34.8 Å². The Morgan fingerprint density at radius 3 is 2.58 bits per heavy atom. The van der Waals surface area contributed by atoms with Crippen molar-refractivity contribution in [1.82, 2.24) is 19.6 Å². The van der Waals surface area contributed by atoms with Crippen LogP contribution in [0.2, 0.25) is 0 Å². The minimum Gasteiger partial charge on any atom is -0.396 e. The summed E-state index contributed by atoms with van der Waals surface area (Å²) >= 11 is 0. The molecule has 0 unspecified atom stereocenters. The summed E-state index contributed by atoms with van der Waals surface area (Å²) in [6, 6.07) is 8.21. The Morgan fingerprint density at radius 2 is 1.89 bits per heavy atom. The lowest BCUT2D eigenvalue weighted by Gasteiger charge is -2.02. The topological polar surface area (TPSA) is 61.7 Å². The molecule has 0 fully saturated rings. The molecule has 0 amide bonds. The van der Waals surface area contributed by atoms with Crippen LogP contribution in [0.15, 0.2) is 24.3 Å². The Bertz CT molecular complexity index is 751. The average Bonchev–Trinajstić information content (AvgIpc) is 2.84. The molecular weight excluding hydrogens is 238 g/mol. The van der Waals surface area contributed by atoms with Crippen LogP contribution in [-0.2, 0) is 13.6 Å². The molecular formula is C14H17N5. The lowest BCUT2D eigenvalue weighted by molar-refractivity contribution is 0.635. The maximum absolute atomic E-state index is 5.97. The van der Waals surface area contributed by atoms with Crippen LogP contribution in [0.5, 0.6) is 0 Å². The van der Waals surface area contributed by atoms with E-state index in [1.807, 2.05) is 42.4 Å². The first-order valence-electron chi connectivity index (χ1n) is 6.28. The second kappa shape index (κ2) is 4.12. The van der Waals surface area contributed by atoms with E-state index in [0.717, 1.165) is 33.7 Å². The van der Waals surface area contributed by atoms with Gasteiger partial charge in [-0.1, -0.05) is 18.2 Å². The minimum atomic E-state index is 0.644. The summed E-state index contributed by atoms with van der Waals surface area (Å²) in [7, 11) is 1.96. The number of hydrogen-bond acceptors (Lipinski definition) is 3. The van der Waals surface area contributed by atoms with Crippen LogP contribution in [0.1, 0.15) is 17.1 Å². The van der Waals surface area contributed by atoms with Crippen molar-refractivity contribution in [2.45, 2.75) is 20.4 Å². The van der Waals surface area contributed by atoms with Gasteiger partial charge < -0.3 is 5.73 Å². The van der Waals surface area contributed by atoms with Crippen LogP contribution in [0.25, 0.3) is 10.9 Å². The van der Waals surface area contributed by atoms with E-state index in [1.165, 1.54) is 0 Å². The molecule has 0 atom stereocenters. The van der Waals surface area contributed by atoms with Gasteiger partial charge in [0.25, 0.3) is 0 Å². The largest absolute Gasteiger partial charge is 0.396 e. The van der Waals surface area contributed by atoms with E-state index in [1.54, 1.807) is 0 Å². The van der Waals surface area contributed by atoms with Crippen LogP contribution in [0.3, 0.4) is 0 Å². The number of nitrogens with zero attached hydrogens (tertiary/aromatic N) is 4. The van der Waals surface area contributed by atoms with Crippen molar-refractivity contribution in [1.29, 1.82) is 0 Å². The molecule has 0 aliphatic rings. The third kappa shape index (κ3) is 1.78. The highest BCUT2D eigenvalue weighted by molar-refractivity contribution is 5.81. The summed E-state index contributed by atoms with van der Waals surface area (Å²) in [5.41, 5.74) is 10.7. The number of rotatable bonds is 2. The van der Waals surface area contributed by atoms with Gasteiger partial charge in [-0.3, -0.25) is 9.36 Å². The predicted molar refractivity (Wildman–Crippen MR) is 75.9 cm³/mol. The van der Waals surface area contributed by atoms with E-state index < -0.39 is 0 Å². The number of hydrogen-bond donors (Lipinski definition) is 1. The lowest BCUT2D eigenvalue weighted by atomic mass is 10.2. The zero-order chi connectivity index (χ0) is 13.6. The van der Waals surface area contributed by atoms with Gasteiger partial charge in [0.15, 0.2) is 0 Å². The monoisotopic (exact) mass is 255 g/mol. The highest BCUT2D eigenvalue weighted by atomic mass is 15.3. The third-order valence-corrected chi connectivity index (χ3v) is 3.57. The van der Waals surface area contributed by atoms with Crippen molar-refractivity contribution in [3.05, 3.63) is 41.3 Å². The van der Waals surface area contributed by atoms with Crippen molar-refractivity contribution in [3.63, 3.8) is 0 Å². The third-order valence-electron chi connectivity index (χ3n) is 3.57. The van der Waals surface area contributed by atoms with Crippen LogP contribution >= 0.6 is 0 Å². The second-order valence-corrected chi connectivity index (χ2v) is 4.83. The van der Waals surface area contributed by atoms with Gasteiger partial charge in [0.1, 0.15) is 0 Å². The van der Waals surface area contributed by atoms with Crippen LogP contribution in [0.4, 0.5) is 5.69 Å². The van der Waals surface area contributed by atoms with E-state index in [9.17, 15) is 0 Å². The van der Waals surface area contributed by atoms with Gasteiger partial charge in [-0.05, 0) is 19.9 Å². The van der Waals surface area contributed by atoms with Gasteiger partial charge in [-0.2, -0.15) is 10.2 Å². The zero-order valence-electron chi connectivity index (χ0n) is 11.4. The fourth-order valence-electron chi connectivity index (χ4n) is 2.41. The first-order chi connectivity index (χ1) is 9.08. The van der Waals surface area contributed by atoms with Gasteiger partial charge in [0, 0.05) is 12.4 Å². The van der Waals surface area contributed by atoms with E-state index in [2.05, 4.69) is 22.3 Å². The van der Waals surface area contributed by atoms with Gasteiger partial charge in [0.2, 0.25) is 0 Å². The van der Waals surface area contributed by atoms with Crippen molar-refractivity contribution in [2.24, 2.45) is 7.05 Å². The number of nitrogens with two attached hydrogens (primary N) is 1. The van der Waals surface area contributed by atoms with Crippen molar-refractivity contribution < 1.29 is 0 Å². The molecule has 5 heteroatoms. The quantitative estimate of drug-likeness (QED) is 0.762. The fourth-order valence-corrected chi connectivity index (χ4v) is 2.41. The summed E-state index contributed by atoms with van der Waals surface area (Å²) in [4.78, 5) is 0. The van der Waals surface area contributed by atoms with Crippen molar-refractivity contribution >= 4 is 16.6 Å². The minimum absolute atomic E-state index is 0.644. The zero-order valence-corrected chi connectivity index (χ0v) is 11.4. The molecule has 0 saturated carbocycles. The summed E-state index contributed by atoms with van der Waals surface area (Å²) in [5.74, 6) is 0. The van der Waals surface area contributed by atoms with Gasteiger partial charge in [-0.25, -0.2) is 0 Å². The van der Waals surface area contributed by atoms with Crippen LogP contribution in [-0.4, -0.2) is 19.6 Å². The van der Waals surface area contributed by atoms with E-state index >= 15 is 0 Å². The molecule has 2 heterocycles. The number of benzene rings is 1. The van der Waals surface area contributed by atoms with Gasteiger partial charge >= 0.3 is 0 Å². The lowest BCUT2D eigenvalue weighted by Crippen LogP contribution is -2.05. The van der Waals surface area contributed by atoms with E-state index in [4.69, 9.17) is 5.73 Å². The molecule has 98 valence electrons. The molecule has 0 spiro atoms. The average molecular weight is 255 g/mol. The highest BCUT2D eigenvalue weighted by Crippen LogP contribution is 2.21. The van der Waals surface area contributed by atoms with Crippen molar-refractivity contribution in [2.75, 3.05) is 5.73 Å². The molecule has 1 aromatic carbocycles. The van der Waals surface area contributed by atoms with Crippen LogP contribution < -0.4 is 5.73 Å². The molecule has 2 aromatic heterocycles. The molecule has 0 aliphatic heterocycles. The number of aryl methyl sites for hydroxylation is 2. The van der Waals surface area contributed by atoms with E-state index in [-0.39, 0.29) is 0 Å². The molecule has 3 rings (SSSR count). The number of fused-ring (bicyclic) bond motifs is 1. The van der Waals surface area contributed by atoms with Crippen molar-refractivity contribution in [3.8, 4) is 0 Å². The predicted octanol–water partition coefficient (Wildman–Crippen LogP) is 2.02. The number of aromatic nitrogens is 4. The second-order valence-electron chi connectivity index (χ2n) is 4.83. The molecule has 0 saturated heterocycles. The van der Waals surface area contributed by atoms with Gasteiger partial charge in [-0.15, -0.1) is 0 Å². The summed E-state index contributed by atoms with van der Waals surface area (Å²) in [5, 5.41) is 10.2. The number of para-hydroxylation sites is 1. The maximum atomic E-state index is 5.97.